The second-order valence-electron chi connectivity index (χ2n) is 8.73. The third-order valence-electron chi connectivity index (χ3n) is 6.03. The van der Waals surface area contributed by atoms with Gasteiger partial charge in [-0.15, -0.1) is 0 Å². The van der Waals surface area contributed by atoms with Gasteiger partial charge >= 0.3 is 0 Å². The van der Waals surface area contributed by atoms with Crippen LogP contribution in [0.4, 0.5) is 11.9 Å². The summed E-state index contributed by atoms with van der Waals surface area (Å²) in [6.07, 6.45) is 0. The first-order valence-corrected chi connectivity index (χ1v) is 12.9. The summed E-state index contributed by atoms with van der Waals surface area (Å²) < 4.78 is 22.5. The van der Waals surface area contributed by atoms with Gasteiger partial charge in [0.05, 0.1) is 39.1 Å². The van der Waals surface area contributed by atoms with Crippen molar-refractivity contribution in [1.82, 2.24) is 15.0 Å². The number of fused-ring (bicyclic) bond motifs is 3. The fourth-order valence-electron chi connectivity index (χ4n) is 4.18. The van der Waals surface area contributed by atoms with Gasteiger partial charge in [0.2, 0.25) is 11.9 Å². The zero-order chi connectivity index (χ0) is 26.9. The molecule has 3 aromatic carbocycles. The van der Waals surface area contributed by atoms with E-state index in [-0.39, 0.29) is 0 Å². The Balaban J connectivity index is 1.38. The number of anilines is 2. The summed E-state index contributed by atoms with van der Waals surface area (Å²) in [5.74, 6) is 2.16. The van der Waals surface area contributed by atoms with Crippen molar-refractivity contribution < 1.29 is 18.6 Å². The second kappa shape index (κ2) is 13.0. The summed E-state index contributed by atoms with van der Waals surface area (Å²) in [5, 5.41) is 8.63. The molecule has 2 heterocycles. The number of hydrogen-bond acceptors (Lipinski definition) is 10. The van der Waals surface area contributed by atoms with Crippen LogP contribution in [0.1, 0.15) is 5.56 Å². The zero-order valence-corrected chi connectivity index (χ0v) is 21.9. The zero-order valence-electron chi connectivity index (χ0n) is 21.9. The van der Waals surface area contributed by atoms with Crippen LogP contribution >= 0.6 is 0 Å². The lowest BCUT2D eigenvalue weighted by molar-refractivity contribution is 0.0547. The van der Waals surface area contributed by atoms with Crippen molar-refractivity contribution >= 4 is 33.8 Å². The van der Waals surface area contributed by atoms with Crippen molar-refractivity contribution in [2.45, 2.75) is 6.54 Å². The largest absolute Gasteiger partial charge is 0.497 e. The maximum Gasteiger partial charge on any atom is 0.228 e. The van der Waals surface area contributed by atoms with Crippen molar-refractivity contribution in [2.75, 3.05) is 57.3 Å². The first-order chi connectivity index (χ1) is 19.2. The number of ether oxygens (including phenoxy) is 3. The topological polar surface area (TPSA) is 130 Å². The van der Waals surface area contributed by atoms with Crippen molar-refractivity contribution in [3.05, 3.63) is 72.3 Å². The molecule has 0 aliphatic carbocycles. The standard InChI is InChI=1S/C29H32N6O4/c1-36-21-7-4-6-20(18-21)19-32-29-34-27(33-28(35-29)31-13-15-38-17-16-37-14-12-30)24-10-5-9-23-22-8-2-3-11-25(22)39-26(23)24/h2-11,18H,12-17,19,30H2,1H3,(H2,31,32,33,34,35). The summed E-state index contributed by atoms with van der Waals surface area (Å²) in [4.78, 5) is 14.1. The van der Waals surface area contributed by atoms with Gasteiger partial charge in [-0.2, -0.15) is 15.0 Å². The van der Waals surface area contributed by atoms with E-state index in [2.05, 4.69) is 15.6 Å². The molecule has 0 bridgehead atoms. The monoisotopic (exact) mass is 528 g/mol. The van der Waals surface area contributed by atoms with Crippen LogP contribution in [-0.2, 0) is 16.0 Å². The molecule has 0 unspecified atom stereocenters. The van der Waals surface area contributed by atoms with E-state index in [1.165, 1.54) is 0 Å². The lowest BCUT2D eigenvalue weighted by Gasteiger charge is -2.11. The highest BCUT2D eigenvalue weighted by molar-refractivity contribution is 6.09. The molecule has 0 saturated carbocycles. The number of benzene rings is 3. The van der Waals surface area contributed by atoms with Crippen LogP contribution in [0.5, 0.6) is 5.75 Å². The molecule has 0 spiro atoms. The Labute approximate surface area is 226 Å². The van der Waals surface area contributed by atoms with E-state index in [0.29, 0.717) is 63.8 Å². The molecule has 0 amide bonds. The molecular formula is C29H32N6O4. The van der Waals surface area contributed by atoms with E-state index >= 15 is 0 Å². The van der Waals surface area contributed by atoms with Gasteiger partial charge in [-0.25, -0.2) is 0 Å². The number of nitrogens with one attached hydrogen (secondary N) is 2. The summed E-state index contributed by atoms with van der Waals surface area (Å²) in [6, 6.07) is 21.8. The van der Waals surface area contributed by atoms with Gasteiger partial charge < -0.3 is 35.0 Å². The average molecular weight is 529 g/mol. The van der Waals surface area contributed by atoms with Crippen molar-refractivity contribution in [2.24, 2.45) is 5.73 Å². The van der Waals surface area contributed by atoms with Crippen molar-refractivity contribution in [1.29, 1.82) is 0 Å². The number of hydrogen-bond donors (Lipinski definition) is 3. The number of nitrogens with zero attached hydrogens (tertiary/aromatic N) is 3. The molecule has 10 heteroatoms. The molecule has 39 heavy (non-hydrogen) atoms. The molecule has 0 aliphatic heterocycles. The lowest BCUT2D eigenvalue weighted by Crippen LogP contribution is -2.16. The molecule has 2 aromatic heterocycles. The number of nitrogens with two attached hydrogens (primary N) is 1. The highest BCUT2D eigenvalue weighted by Gasteiger charge is 2.16. The fourth-order valence-corrected chi connectivity index (χ4v) is 4.18. The number of aromatic nitrogens is 3. The Morgan fingerprint density at radius 2 is 1.56 bits per heavy atom. The minimum Gasteiger partial charge on any atom is -0.497 e. The van der Waals surface area contributed by atoms with Gasteiger partial charge in [-0.1, -0.05) is 42.5 Å². The smallest absolute Gasteiger partial charge is 0.228 e. The van der Waals surface area contributed by atoms with Gasteiger partial charge in [0, 0.05) is 30.4 Å². The Bertz CT molecular complexity index is 1520. The van der Waals surface area contributed by atoms with Crippen LogP contribution in [0.2, 0.25) is 0 Å². The molecule has 4 N–H and O–H groups in total. The quantitative estimate of drug-likeness (QED) is 0.178. The van der Waals surface area contributed by atoms with Crippen molar-refractivity contribution in [3.63, 3.8) is 0 Å². The minimum absolute atomic E-state index is 0.434. The molecule has 0 saturated heterocycles. The second-order valence-corrected chi connectivity index (χ2v) is 8.73. The Kier molecular flexibility index (Phi) is 8.79. The van der Waals surface area contributed by atoms with Gasteiger partial charge in [0.15, 0.2) is 5.82 Å². The lowest BCUT2D eigenvalue weighted by atomic mass is 10.1. The average Bonchev–Trinajstić information content (AvgIpc) is 3.36. The van der Waals surface area contributed by atoms with E-state index in [1.54, 1.807) is 7.11 Å². The van der Waals surface area contributed by atoms with Crippen LogP contribution in [-0.4, -0.2) is 61.6 Å². The van der Waals surface area contributed by atoms with E-state index in [9.17, 15) is 0 Å². The molecule has 0 atom stereocenters. The fraction of sp³-hybridized carbons (Fsp3) is 0.276. The van der Waals surface area contributed by atoms with Crippen LogP contribution in [0.3, 0.4) is 0 Å². The summed E-state index contributed by atoms with van der Waals surface area (Å²) in [5.41, 5.74) is 8.80. The van der Waals surface area contributed by atoms with E-state index in [0.717, 1.165) is 38.8 Å². The summed E-state index contributed by atoms with van der Waals surface area (Å²) >= 11 is 0. The molecule has 5 aromatic rings. The Morgan fingerprint density at radius 3 is 2.41 bits per heavy atom. The van der Waals surface area contributed by atoms with Crippen LogP contribution in [0.15, 0.2) is 71.1 Å². The number of furan rings is 1. The van der Waals surface area contributed by atoms with Crippen LogP contribution in [0, 0.1) is 0 Å². The molecule has 10 nitrogen and oxygen atoms in total. The van der Waals surface area contributed by atoms with E-state index in [1.807, 2.05) is 66.7 Å². The molecule has 0 aliphatic rings. The highest BCUT2D eigenvalue weighted by Crippen LogP contribution is 2.34. The SMILES string of the molecule is COc1cccc(CNc2nc(NCCOCCOCCN)nc(-c3cccc4c3oc3ccccc34)n2)c1. The molecule has 0 radical (unpaired) electrons. The van der Waals surface area contributed by atoms with E-state index < -0.39 is 0 Å². The normalized spacial score (nSPS) is 11.2. The molecular weight excluding hydrogens is 496 g/mol. The maximum absolute atomic E-state index is 6.23. The van der Waals surface area contributed by atoms with Gasteiger partial charge in [-0.3, -0.25) is 0 Å². The molecule has 5 rings (SSSR count). The predicted molar refractivity (Wildman–Crippen MR) is 152 cm³/mol. The van der Waals surface area contributed by atoms with Gasteiger partial charge in [0.25, 0.3) is 0 Å². The van der Waals surface area contributed by atoms with Gasteiger partial charge in [0.1, 0.15) is 16.9 Å². The van der Waals surface area contributed by atoms with Gasteiger partial charge in [-0.05, 0) is 29.8 Å². The third kappa shape index (κ3) is 6.61. The number of para-hydroxylation sites is 2. The highest BCUT2D eigenvalue weighted by atomic mass is 16.5. The first-order valence-electron chi connectivity index (χ1n) is 12.9. The predicted octanol–water partition coefficient (Wildman–Crippen LogP) is 4.46. The number of methoxy groups -OCH3 is 1. The summed E-state index contributed by atoms with van der Waals surface area (Å²) in [6.45, 7) is 3.53. The maximum atomic E-state index is 6.23. The third-order valence-corrected chi connectivity index (χ3v) is 6.03. The minimum atomic E-state index is 0.434. The first kappa shape index (κ1) is 26.4. The number of rotatable bonds is 14. The van der Waals surface area contributed by atoms with Crippen LogP contribution in [0.25, 0.3) is 33.3 Å². The molecule has 202 valence electrons. The summed E-state index contributed by atoms with van der Waals surface area (Å²) in [7, 11) is 1.65. The van der Waals surface area contributed by atoms with E-state index in [4.69, 9.17) is 34.3 Å². The van der Waals surface area contributed by atoms with Crippen molar-refractivity contribution in [3.8, 4) is 17.1 Å². The Morgan fingerprint density at radius 1 is 0.795 bits per heavy atom. The molecule has 0 fully saturated rings. The Hall–Kier alpha value is -4.25. The van der Waals surface area contributed by atoms with Crippen LogP contribution < -0.4 is 21.1 Å².